The number of thiophene rings is 2. The second-order valence-electron chi connectivity index (χ2n) is 26.8. The van der Waals surface area contributed by atoms with Crippen molar-refractivity contribution in [3.05, 3.63) is 361 Å². The van der Waals surface area contributed by atoms with Crippen molar-refractivity contribution in [2.24, 2.45) is 0 Å². The smallest absolute Gasteiger partial charge is 0.457 e. The van der Waals surface area contributed by atoms with Crippen molar-refractivity contribution >= 4 is 56.4 Å². The lowest BCUT2D eigenvalue weighted by Gasteiger charge is -2.15. The highest BCUT2D eigenvalue weighted by molar-refractivity contribution is 7.14. The Morgan fingerprint density at radius 3 is 1.02 bits per heavy atom. The summed E-state index contributed by atoms with van der Waals surface area (Å²) in [6, 6.07) is 104. The van der Waals surface area contributed by atoms with Gasteiger partial charge in [-0.3, -0.25) is 0 Å². The van der Waals surface area contributed by atoms with Crippen LogP contribution in [-0.2, 0) is 21.2 Å². The molecule has 22 rings (SSSR count). The normalized spacial score (nSPS) is 15.2. The van der Waals surface area contributed by atoms with Crippen molar-refractivity contribution in [3.63, 3.8) is 0 Å². The molecule has 2 unspecified atom stereocenters. The second-order valence-corrected chi connectivity index (χ2v) is 28.7. The first-order valence-electron chi connectivity index (χ1n) is 35.7. The maximum absolute atomic E-state index is 13.9. The van der Waals surface area contributed by atoms with Gasteiger partial charge in [-0.05, 0) is 141 Å². The Hall–Kier alpha value is -14.5. The number of carbonyl (C=O) groups excluding carboxylic acids is 2. The molecule has 2 atom stereocenters. The quantitative estimate of drug-likeness (QED) is 0.0841. The van der Waals surface area contributed by atoms with Gasteiger partial charge in [0.2, 0.25) is 46.0 Å². The van der Waals surface area contributed by atoms with Gasteiger partial charge in [0.25, 0.3) is 0 Å². The summed E-state index contributed by atoms with van der Waals surface area (Å²) in [6.07, 6.45) is 3.76. The summed E-state index contributed by atoms with van der Waals surface area (Å²) in [4.78, 5) is 29.8. The van der Waals surface area contributed by atoms with Crippen LogP contribution in [0.2, 0.25) is 0 Å². The zero-order valence-electron chi connectivity index (χ0n) is 58.0. The zero-order chi connectivity index (χ0) is 73.0. The van der Waals surface area contributed by atoms with Gasteiger partial charge in [-0.25, -0.2) is 9.59 Å². The molecular formula is C92H56N8O8S2+4. The van der Waals surface area contributed by atoms with E-state index in [0.29, 0.717) is 57.9 Å². The van der Waals surface area contributed by atoms with Gasteiger partial charge in [0, 0.05) is 69.8 Å². The number of aromatic nitrogens is 8. The van der Waals surface area contributed by atoms with Crippen LogP contribution >= 0.6 is 22.7 Å². The molecule has 0 radical (unpaired) electrons. The summed E-state index contributed by atoms with van der Waals surface area (Å²) >= 11 is 3.29. The molecule has 110 heavy (non-hydrogen) atoms. The number of ether oxygens (including phenoxy) is 4. The van der Waals surface area contributed by atoms with E-state index in [4.69, 9.17) is 27.8 Å². The molecule has 4 aliphatic heterocycles. The lowest BCUT2D eigenvalue weighted by atomic mass is 10.00. The van der Waals surface area contributed by atoms with Crippen LogP contribution in [-0.4, -0.2) is 32.3 Å². The van der Waals surface area contributed by atoms with E-state index in [0.717, 1.165) is 121 Å². The van der Waals surface area contributed by atoms with E-state index in [1.54, 1.807) is 34.8 Å². The number of hydrogen-bond donors (Lipinski definition) is 0. The fourth-order valence-corrected chi connectivity index (χ4v) is 17.4. The highest BCUT2D eigenvalue weighted by Crippen LogP contribution is 2.49. The summed E-state index contributed by atoms with van der Waals surface area (Å²) in [5.41, 5.74) is 18.7. The fourth-order valence-electron chi connectivity index (χ4n) is 15.5. The van der Waals surface area contributed by atoms with E-state index in [1.807, 2.05) is 204 Å². The van der Waals surface area contributed by atoms with Crippen LogP contribution < -0.4 is 27.7 Å². The van der Waals surface area contributed by atoms with Crippen molar-refractivity contribution in [1.82, 2.24) is 20.4 Å². The first-order chi connectivity index (χ1) is 54.3. The molecule has 18 heteroatoms. The molecule has 0 saturated heterocycles. The largest absolute Gasteiger partial charge is 0.559 e. The molecule has 10 aromatic carbocycles. The molecule has 16 nitrogen and oxygen atoms in total. The SMILES string of the molecule is O=C1OC2(c3ccsc3-c3cc(-c4ccccc4)c4ccccc4[n+]32)[n+]2ccc(Oc3ccc(-c4ccc(-c5nnc(-c6ccc(-c7ccccc7)cc6)o5)cc4)cc3)cc21.O=C1OC2(c3ccsc3-c3cc(-c4ccccc4)c4ccccc4[n+]32)[n+]2ccc(Oc3ccc(-c4nnc(-c5ccccc5)o4)cc3)cc21. The third-order valence-corrected chi connectivity index (χ3v) is 22.5. The van der Waals surface area contributed by atoms with Gasteiger partial charge >= 0.3 is 35.0 Å². The number of carbonyl (C=O) groups is 2. The Bertz CT molecular complexity index is 6700. The minimum absolute atomic E-state index is 0.391. The molecule has 4 aliphatic rings. The van der Waals surface area contributed by atoms with Crippen molar-refractivity contribution in [3.8, 4) is 134 Å². The van der Waals surface area contributed by atoms with Gasteiger partial charge in [-0.15, -0.1) is 43.1 Å². The minimum atomic E-state index is -1.22. The number of esters is 2. The Morgan fingerprint density at radius 1 is 0.300 bits per heavy atom. The second kappa shape index (κ2) is 25.7. The first-order valence-corrected chi connectivity index (χ1v) is 37.4. The lowest BCUT2D eigenvalue weighted by Crippen LogP contribution is -2.71. The molecule has 0 bridgehead atoms. The Morgan fingerprint density at radius 2 is 0.618 bits per heavy atom. The molecule has 0 fully saturated rings. The molecule has 0 aliphatic carbocycles. The maximum Gasteiger partial charge on any atom is 0.559 e. The summed E-state index contributed by atoms with van der Waals surface area (Å²) < 4.78 is 45.7. The predicted molar refractivity (Wildman–Crippen MR) is 416 cm³/mol. The Balaban J connectivity index is 0.000000143. The third kappa shape index (κ3) is 10.4. The van der Waals surface area contributed by atoms with Gasteiger partial charge in [0.15, 0.2) is 23.5 Å². The Kier molecular flexibility index (Phi) is 14.9. The average Bonchev–Trinajstić information content (AvgIpc) is 1.52. The van der Waals surface area contributed by atoms with Crippen LogP contribution in [0.25, 0.3) is 133 Å². The zero-order valence-corrected chi connectivity index (χ0v) is 59.6. The van der Waals surface area contributed by atoms with Gasteiger partial charge in [-0.1, -0.05) is 188 Å². The van der Waals surface area contributed by atoms with Crippen LogP contribution in [0, 0.1) is 0 Å². The molecule has 18 aromatic rings. The Labute approximate surface area is 635 Å². The van der Waals surface area contributed by atoms with Gasteiger partial charge in [-0.2, -0.15) is 0 Å². The molecule has 0 N–H and O–H groups in total. The van der Waals surface area contributed by atoms with Gasteiger partial charge in [0.05, 0.1) is 22.9 Å². The van der Waals surface area contributed by atoms with Crippen molar-refractivity contribution < 1.29 is 55.6 Å². The number of rotatable bonds is 12. The summed E-state index contributed by atoms with van der Waals surface area (Å²) in [7, 11) is 0. The topological polar surface area (TPSA) is 164 Å². The summed E-state index contributed by atoms with van der Waals surface area (Å²) in [5.74, 6) is 0.784. The number of benzene rings is 10. The summed E-state index contributed by atoms with van der Waals surface area (Å²) in [6.45, 7) is 0. The standard InChI is InChI=1S/C52H32N4O4S.C40H24N4O4S/c57-51-47-31-41(27-29-55(47)52(60-51)44-28-30-61-48(44)46-32-43(37-11-5-2-6-12-37)42-13-7-8-14-45(42)56(46)52)58-40-25-23-36(24-26-40)35-17-21-39(22-18-35)50-54-53-49(59-50)38-19-15-34(16-20-38)33-9-3-1-4-10-33;45-39-35-23-29(46-28-17-15-27(16-18-28)38-42-41-37(47-38)26-11-5-2-6-12-26)19-21-43(35)40(48-39)32-20-22-49-36(32)34-24-31(25-9-3-1-4-10-25)30-13-7-8-14-33(30)44(34)40/h1-32H;1-24H/q2*+2. The molecule has 0 amide bonds. The lowest BCUT2D eigenvalue weighted by molar-refractivity contribution is -0.994. The number of pyridine rings is 4. The number of nitrogens with zero attached hydrogens (tertiary/aromatic N) is 8. The van der Waals surface area contributed by atoms with Crippen LogP contribution in [0.1, 0.15) is 32.1 Å². The maximum atomic E-state index is 13.9. The van der Waals surface area contributed by atoms with E-state index in [1.165, 1.54) is 0 Å². The molecule has 520 valence electrons. The van der Waals surface area contributed by atoms with Crippen LogP contribution in [0.15, 0.2) is 347 Å². The fraction of sp³-hybridized carbons (Fsp3) is 0.0217. The van der Waals surface area contributed by atoms with Crippen molar-refractivity contribution in [2.75, 3.05) is 0 Å². The molecule has 12 heterocycles. The highest BCUT2D eigenvalue weighted by Gasteiger charge is 2.73. The first kappa shape index (κ1) is 64.0. The predicted octanol–water partition coefficient (Wildman–Crippen LogP) is 19.4. The average molecular weight is 1470 g/mol. The van der Waals surface area contributed by atoms with Gasteiger partial charge in [0.1, 0.15) is 32.8 Å². The monoisotopic (exact) mass is 1460 g/mol. The van der Waals surface area contributed by atoms with Crippen LogP contribution in [0.5, 0.6) is 23.0 Å². The van der Waals surface area contributed by atoms with E-state index in [2.05, 4.69) is 162 Å². The number of fused-ring (bicyclic) bond motifs is 18. The van der Waals surface area contributed by atoms with E-state index in [-0.39, 0.29) is 0 Å². The minimum Gasteiger partial charge on any atom is -0.457 e. The molecule has 2 spiro atoms. The number of hydrogen-bond acceptors (Lipinski definition) is 14. The summed E-state index contributed by atoms with van der Waals surface area (Å²) in [5, 5.41) is 23.3. The third-order valence-electron chi connectivity index (χ3n) is 20.6. The number of para-hydroxylation sites is 2. The van der Waals surface area contributed by atoms with Crippen molar-refractivity contribution in [1.29, 1.82) is 0 Å². The molecule has 0 saturated carbocycles. The van der Waals surface area contributed by atoms with Crippen LogP contribution in [0.4, 0.5) is 0 Å². The van der Waals surface area contributed by atoms with Crippen LogP contribution in [0.3, 0.4) is 0 Å². The van der Waals surface area contributed by atoms with E-state index >= 15 is 0 Å². The van der Waals surface area contributed by atoms with E-state index in [9.17, 15) is 9.59 Å². The van der Waals surface area contributed by atoms with Gasteiger partial charge < -0.3 is 27.8 Å². The van der Waals surface area contributed by atoms with E-state index < -0.39 is 23.6 Å². The molecular weight excluding hydrogens is 1410 g/mol. The van der Waals surface area contributed by atoms with Crippen molar-refractivity contribution in [2.45, 2.75) is 11.7 Å². The molecule has 8 aromatic heterocycles. The highest BCUT2D eigenvalue weighted by atomic mass is 32.1.